The van der Waals surface area contributed by atoms with Gasteiger partial charge in [-0.05, 0) is 48.5 Å². The molecule has 2 aromatic carbocycles. The Hall–Kier alpha value is -2.54. The Labute approximate surface area is 114 Å². The van der Waals surface area contributed by atoms with E-state index in [1.165, 1.54) is 12.1 Å². The quantitative estimate of drug-likeness (QED) is 0.726. The zero-order valence-corrected chi connectivity index (χ0v) is 10.2. The van der Waals surface area contributed by atoms with Crippen molar-refractivity contribution in [3.63, 3.8) is 0 Å². The lowest BCUT2D eigenvalue weighted by Crippen LogP contribution is -2.04. The number of carbonyl (C=O) groups excluding carboxylic acids is 1. The van der Waals surface area contributed by atoms with E-state index < -0.39 is 11.7 Å². The standard InChI is InChI=1S/C16H8F3O/c17-16(18,19)15-9-7-13(8-10-15)2-1-12-3-5-14(11-20)6-4-12/h3-10H. The summed E-state index contributed by atoms with van der Waals surface area (Å²) < 4.78 is 37.1. The van der Waals surface area contributed by atoms with Crippen molar-refractivity contribution in [1.29, 1.82) is 0 Å². The smallest absolute Gasteiger partial charge is 0.285 e. The van der Waals surface area contributed by atoms with E-state index in [1.54, 1.807) is 30.6 Å². The van der Waals surface area contributed by atoms with Gasteiger partial charge in [0.05, 0.1) is 5.56 Å². The summed E-state index contributed by atoms with van der Waals surface area (Å²) in [5.74, 6) is 5.57. The SMILES string of the molecule is O=[C]c1ccc(C#Cc2ccc(C(F)(F)F)cc2)cc1. The number of alkyl halides is 3. The highest BCUT2D eigenvalue weighted by atomic mass is 19.4. The van der Waals surface area contributed by atoms with E-state index in [0.29, 0.717) is 16.7 Å². The first kappa shape index (κ1) is 13.9. The minimum absolute atomic E-state index is 0.421. The van der Waals surface area contributed by atoms with Gasteiger partial charge in [0, 0.05) is 16.7 Å². The minimum Gasteiger partial charge on any atom is -0.285 e. The molecule has 1 radical (unpaired) electrons. The normalized spacial score (nSPS) is 10.6. The summed E-state index contributed by atoms with van der Waals surface area (Å²) in [6.07, 6.45) is -2.60. The second-order valence-corrected chi connectivity index (χ2v) is 4.00. The fraction of sp³-hybridized carbons (Fsp3) is 0.0625. The van der Waals surface area contributed by atoms with Crippen LogP contribution in [0, 0.1) is 11.8 Å². The molecule has 0 amide bonds. The van der Waals surface area contributed by atoms with E-state index in [0.717, 1.165) is 12.1 Å². The Morgan fingerprint density at radius 1 is 0.700 bits per heavy atom. The summed E-state index contributed by atoms with van der Waals surface area (Å²) in [5, 5.41) is 0. The van der Waals surface area contributed by atoms with E-state index in [9.17, 15) is 18.0 Å². The molecule has 2 rings (SSSR count). The fourth-order valence-electron chi connectivity index (χ4n) is 1.51. The summed E-state index contributed by atoms with van der Waals surface area (Å²) in [6, 6.07) is 11.1. The van der Waals surface area contributed by atoms with Crippen LogP contribution < -0.4 is 0 Å². The number of hydrogen-bond donors (Lipinski definition) is 0. The lowest BCUT2D eigenvalue weighted by molar-refractivity contribution is -0.137. The van der Waals surface area contributed by atoms with Crippen LogP contribution in [0.15, 0.2) is 48.5 Å². The molecule has 0 bridgehead atoms. The minimum atomic E-state index is -4.34. The van der Waals surface area contributed by atoms with Gasteiger partial charge in [-0.3, -0.25) is 4.79 Å². The van der Waals surface area contributed by atoms with E-state index in [2.05, 4.69) is 11.8 Å². The van der Waals surface area contributed by atoms with Gasteiger partial charge in [-0.2, -0.15) is 13.2 Å². The van der Waals surface area contributed by atoms with Crippen LogP contribution >= 0.6 is 0 Å². The first-order valence-corrected chi connectivity index (χ1v) is 5.66. The lowest BCUT2D eigenvalue weighted by Gasteiger charge is -2.05. The van der Waals surface area contributed by atoms with Crippen molar-refractivity contribution in [2.45, 2.75) is 6.18 Å². The predicted octanol–water partition coefficient (Wildman–Crippen LogP) is 3.56. The van der Waals surface area contributed by atoms with Gasteiger partial charge in [0.2, 0.25) is 6.29 Å². The Balaban J connectivity index is 2.18. The van der Waals surface area contributed by atoms with Crippen molar-refractivity contribution < 1.29 is 18.0 Å². The molecule has 0 aliphatic rings. The predicted molar refractivity (Wildman–Crippen MR) is 68.7 cm³/mol. The summed E-state index contributed by atoms with van der Waals surface area (Å²) in [6.45, 7) is 0. The van der Waals surface area contributed by atoms with Crippen LogP contribution in [0.4, 0.5) is 13.2 Å². The topological polar surface area (TPSA) is 17.1 Å². The van der Waals surface area contributed by atoms with Gasteiger partial charge in [0.1, 0.15) is 0 Å². The Morgan fingerprint density at radius 2 is 1.10 bits per heavy atom. The van der Waals surface area contributed by atoms with Crippen LogP contribution in [0.2, 0.25) is 0 Å². The van der Waals surface area contributed by atoms with Crippen molar-refractivity contribution in [1.82, 2.24) is 0 Å². The maximum Gasteiger partial charge on any atom is 0.416 e. The highest BCUT2D eigenvalue weighted by Crippen LogP contribution is 2.28. The Morgan fingerprint density at radius 3 is 1.50 bits per heavy atom. The molecule has 0 unspecified atom stereocenters. The van der Waals surface area contributed by atoms with Crippen molar-refractivity contribution in [2.75, 3.05) is 0 Å². The number of hydrogen-bond acceptors (Lipinski definition) is 1. The molecule has 0 fully saturated rings. The van der Waals surface area contributed by atoms with Gasteiger partial charge in [0.15, 0.2) is 0 Å². The van der Waals surface area contributed by atoms with Gasteiger partial charge in [-0.15, -0.1) is 0 Å². The van der Waals surface area contributed by atoms with Crippen molar-refractivity contribution in [3.05, 3.63) is 70.8 Å². The van der Waals surface area contributed by atoms with E-state index in [4.69, 9.17) is 0 Å². The van der Waals surface area contributed by atoms with E-state index in [1.807, 2.05) is 0 Å². The second kappa shape index (κ2) is 5.62. The van der Waals surface area contributed by atoms with E-state index >= 15 is 0 Å². The number of rotatable bonds is 1. The van der Waals surface area contributed by atoms with Gasteiger partial charge >= 0.3 is 6.18 Å². The number of halogens is 3. The van der Waals surface area contributed by atoms with Crippen molar-refractivity contribution in [3.8, 4) is 11.8 Å². The molecule has 4 heteroatoms. The van der Waals surface area contributed by atoms with Crippen LogP contribution in [0.3, 0.4) is 0 Å². The zero-order valence-electron chi connectivity index (χ0n) is 10.2. The second-order valence-electron chi connectivity index (χ2n) is 4.00. The maximum absolute atomic E-state index is 12.4. The van der Waals surface area contributed by atoms with Crippen molar-refractivity contribution in [2.24, 2.45) is 0 Å². The number of benzene rings is 2. The molecule has 0 aliphatic carbocycles. The molecule has 99 valence electrons. The third-order valence-corrected chi connectivity index (χ3v) is 2.57. The largest absolute Gasteiger partial charge is 0.416 e. The van der Waals surface area contributed by atoms with Crippen LogP contribution in [-0.2, 0) is 11.0 Å². The molecule has 0 aromatic heterocycles. The highest BCUT2D eigenvalue weighted by molar-refractivity contribution is 5.75. The van der Waals surface area contributed by atoms with Gasteiger partial charge < -0.3 is 0 Å². The van der Waals surface area contributed by atoms with Crippen molar-refractivity contribution >= 4 is 6.29 Å². The molecule has 0 spiro atoms. The van der Waals surface area contributed by atoms with Crippen LogP contribution in [0.25, 0.3) is 0 Å². The van der Waals surface area contributed by atoms with E-state index in [-0.39, 0.29) is 0 Å². The lowest BCUT2D eigenvalue weighted by atomic mass is 10.1. The van der Waals surface area contributed by atoms with Gasteiger partial charge in [-0.25, -0.2) is 0 Å². The molecule has 0 saturated heterocycles. The summed E-state index contributed by atoms with van der Waals surface area (Å²) >= 11 is 0. The highest BCUT2D eigenvalue weighted by Gasteiger charge is 2.29. The Bertz CT molecular complexity index is 656. The van der Waals surface area contributed by atoms with Gasteiger partial charge in [-0.1, -0.05) is 11.8 Å². The molecule has 1 nitrogen and oxygen atoms in total. The zero-order chi connectivity index (χ0) is 14.6. The molecule has 0 saturated carbocycles. The molecule has 0 atom stereocenters. The van der Waals surface area contributed by atoms with Crippen LogP contribution in [0.5, 0.6) is 0 Å². The molecule has 20 heavy (non-hydrogen) atoms. The first-order chi connectivity index (χ1) is 9.49. The average Bonchev–Trinajstić information content (AvgIpc) is 2.45. The summed E-state index contributed by atoms with van der Waals surface area (Å²) in [4.78, 5) is 10.4. The average molecular weight is 273 g/mol. The third-order valence-electron chi connectivity index (χ3n) is 2.57. The molecule has 0 heterocycles. The summed E-state index contributed by atoms with van der Waals surface area (Å²) in [5.41, 5.74) is 0.881. The maximum atomic E-state index is 12.4. The van der Waals surface area contributed by atoms with Crippen LogP contribution in [0.1, 0.15) is 22.3 Å². The molecular formula is C16H8F3O. The summed E-state index contributed by atoms with van der Waals surface area (Å²) in [7, 11) is 0. The molecule has 2 aromatic rings. The first-order valence-electron chi connectivity index (χ1n) is 5.66. The van der Waals surface area contributed by atoms with Crippen LogP contribution in [-0.4, -0.2) is 6.29 Å². The third kappa shape index (κ3) is 3.48. The molecule has 0 aliphatic heterocycles. The fourth-order valence-corrected chi connectivity index (χ4v) is 1.51. The molecular weight excluding hydrogens is 265 g/mol. The monoisotopic (exact) mass is 273 g/mol. The van der Waals surface area contributed by atoms with Gasteiger partial charge in [0.25, 0.3) is 0 Å². The molecule has 0 N–H and O–H groups in total. The Kier molecular flexibility index (Phi) is 3.90.